The minimum absolute atomic E-state index is 0.0957. The monoisotopic (exact) mass is 389 g/mol. The Hall–Kier alpha value is -2.29. The number of alkyl halides is 3. The van der Waals surface area contributed by atoms with Gasteiger partial charge in [0.05, 0.1) is 36.2 Å². The van der Waals surface area contributed by atoms with E-state index in [1.807, 2.05) is 0 Å². The second-order valence-electron chi connectivity index (χ2n) is 6.15. The third-order valence-electron chi connectivity index (χ3n) is 4.38. The smallest absolute Gasteiger partial charge is 0.406 e. The number of aromatic nitrogens is 2. The molecule has 1 atom stereocenters. The molecular weight excluding hydrogens is 375 g/mol. The van der Waals surface area contributed by atoms with Crippen LogP contribution in [0.15, 0.2) is 12.3 Å². The van der Waals surface area contributed by atoms with Crippen molar-refractivity contribution >= 4 is 34.4 Å². The highest BCUT2D eigenvalue weighted by Gasteiger charge is 2.39. The number of carbonyl (C=O) groups is 2. The number of methoxy groups -OCH3 is 1. The standard InChI is InChI=1S/C16H15ClF3N3O3/c1-26-13(24)4-9-2-8-3-12(17)14-10(5-21-22-14)11(8)6-23(15(9)25)7-16(18,19)20/h3,5,9H,2,4,6-7H2,1H3,(H,21,22)/t9-/m0/s1. The van der Waals surface area contributed by atoms with Gasteiger partial charge in [0.2, 0.25) is 5.91 Å². The van der Waals surface area contributed by atoms with E-state index in [9.17, 15) is 22.8 Å². The van der Waals surface area contributed by atoms with Crippen LogP contribution in [0.2, 0.25) is 5.02 Å². The van der Waals surface area contributed by atoms with Crippen molar-refractivity contribution in [1.29, 1.82) is 0 Å². The summed E-state index contributed by atoms with van der Waals surface area (Å²) in [7, 11) is 1.16. The van der Waals surface area contributed by atoms with E-state index in [1.54, 1.807) is 6.07 Å². The molecule has 0 radical (unpaired) electrons. The lowest BCUT2D eigenvalue weighted by atomic mass is 9.93. The highest BCUT2D eigenvalue weighted by molar-refractivity contribution is 6.35. The van der Waals surface area contributed by atoms with Crippen molar-refractivity contribution < 1.29 is 27.5 Å². The molecule has 0 unspecified atom stereocenters. The van der Waals surface area contributed by atoms with Crippen LogP contribution in [0.1, 0.15) is 17.5 Å². The fourth-order valence-corrected chi connectivity index (χ4v) is 3.50. The molecule has 1 aliphatic rings. The molecule has 6 nitrogen and oxygen atoms in total. The first-order valence-corrected chi connectivity index (χ1v) is 8.13. The van der Waals surface area contributed by atoms with E-state index in [4.69, 9.17) is 11.6 Å². The molecule has 2 heterocycles. The maximum absolute atomic E-state index is 13.0. The SMILES string of the molecule is COC(=O)C[C@@H]1Cc2cc(Cl)c3[nH]ncc3c2CN(CC(F)(F)F)C1=O. The molecule has 1 aromatic heterocycles. The normalized spacial score (nSPS) is 18.0. The van der Waals surface area contributed by atoms with Crippen molar-refractivity contribution in [2.45, 2.75) is 25.6 Å². The summed E-state index contributed by atoms with van der Waals surface area (Å²) in [5, 5.41) is 7.51. The highest BCUT2D eigenvalue weighted by Crippen LogP contribution is 2.35. The minimum Gasteiger partial charge on any atom is -0.469 e. The van der Waals surface area contributed by atoms with Crippen LogP contribution in [0.4, 0.5) is 13.2 Å². The largest absolute Gasteiger partial charge is 0.469 e. The predicted octanol–water partition coefficient (Wildman–Crippen LogP) is 2.84. The van der Waals surface area contributed by atoms with Crippen LogP contribution in [-0.2, 0) is 27.3 Å². The van der Waals surface area contributed by atoms with Gasteiger partial charge in [-0.2, -0.15) is 18.3 Å². The van der Waals surface area contributed by atoms with Crippen molar-refractivity contribution in [3.63, 3.8) is 0 Å². The number of ether oxygens (including phenoxy) is 1. The second kappa shape index (κ2) is 6.79. The molecule has 26 heavy (non-hydrogen) atoms. The molecule has 3 rings (SSSR count). The lowest BCUT2D eigenvalue weighted by Crippen LogP contribution is -2.41. The maximum atomic E-state index is 13.0. The Morgan fingerprint density at radius 3 is 2.88 bits per heavy atom. The van der Waals surface area contributed by atoms with Crippen LogP contribution in [0.5, 0.6) is 0 Å². The van der Waals surface area contributed by atoms with Crippen LogP contribution in [0, 0.1) is 5.92 Å². The number of fused-ring (bicyclic) bond motifs is 3. The number of carbonyl (C=O) groups excluding carboxylic acids is 2. The number of hydrogen-bond acceptors (Lipinski definition) is 4. The summed E-state index contributed by atoms with van der Waals surface area (Å²) in [6.07, 6.45) is -3.29. The third-order valence-corrected chi connectivity index (χ3v) is 4.68. The summed E-state index contributed by atoms with van der Waals surface area (Å²) < 4.78 is 43.5. The lowest BCUT2D eigenvalue weighted by molar-refractivity contribution is -0.165. The molecule has 1 aromatic carbocycles. The molecule has 2 aromatic rings. The van der Waals surface area contributed by atoms with E-state index in [0.29, 0.717) is 27.1 Å². The van der Waals surface area contributed by atoms with Crippen LogP contribution in [0.3, 0.4) is 0 Å². The van der Waals surface area contributed by atoms with Gasteiger partial charge in [-0.1, -0.05) is 11.6 Å². The maximum Gasteiger partial charge on any atom is 0.406 e. The van der Waals surface area contributed by atoms with Crippen molar-refractivity contribution in [2.24, 2.45) is 5.92 Å². The first-order valence-electron chi connectivity index (χ1n) is 7.75. The number of aromatic amines is 1. The van der Waals surface area contributed by atoms with Gasteiger partial charge in [0, 0.05) is 11.9 Å². The number of nitrogens with zero attached hydrogens (tertiary/aromatic N) is 2. The number of amides is 1. The Bertz CT molecular complexity index is 866. The lowest BCUT2D eigenvalue weighted by Gasteiger charge is -2.25. The zero-order chi connectivity index (χ0) is 19.1. The molecule has 1 N–H and O–H groups in total. The average Bonchev–Trinajstić information content (AvgIpc) is 3.00. The molecule has 0 fully saturated rings. The Morgan fingerprint density at radius 2 is 2.23 bits per heavy atom. The second-order valence-corrected chi connectivity index (χ2v) is 6.55. The number of esters is 1. The van der Waals surface area contributed by atoms with Gasteiger partial charge in [-0.05, 0) is 23.6 Å². The first-order chi connectivity index (χ1) is 12.2. The Balaban J connectivity index is 2.08. The van der Waals surface area contributed by atoms with Crippen molar-refractivity contribution in [1.82, 2.24) is 15.1 Å². The van der Waals surface area contributed by atoms with Crippen LogP contribution >= 0.6 is 11.6 Å². The summed E-state index contributed by atoms with van der Waals surface area (Å²) in [5.74, 6) is -2.35. The molecule has 140 valence electrons. The van der Waals surface area contributed by atoms with Gasteiger partial charge in [0.25, 0.3) is 0 Å². The number of hydrogen-bond donors (Lipinski definition) is 1. The summed E-state index contributed by atoms with van der Waals surface area (Å²) in [6.45, 7) is -1.64. The molecular formula is C16H15ClF3N3O3. The first kappa shape index (κ1) is 18.5. The fourth-order valence-electron chi connectivity index (χ4n) is 3.23. The van der Waals surface area contributed by atoms with Crippen molar-refractivity contribution in [3.05, 3.63) is 28.4 Å². The number of benzene rings is 1. The van der Waals surface area contributed by atoms with Gasteiger partial charge in [-0.25, -0.2) is 0 Å². The molecule has 0 aliphatic carbocycles. The predicted molar refractivity (Wildman–Crippen MR) is 86.4 cm³/mol. The van der Waals surface area contributed by atoms with Gasteiger partial charge >= 0.3 is 12.1 Å². The van der Waals surface area contributed by atoms with Gasteiger partial charge < -0.3 is 9.64 Å². The summed E-state index contributed by atoms with van der Waals surface area (Å²) in [4.78, 5) is 25.0. The van der Waals surface area contributed by atoms with Gasteiger partial charge in [-0.3, -0.25) is 14.7 Å². The van der Waals surface area contributed by atoms with Crippen LogP contribution in [0.25, 0.3) is 10.9 Å². The van der Waals surface area contributed by atoms with E-state index in [1.165, 1.54) is 6.20 Å². The van der Waals surface area contributed by atoms with Crippen LogP contribution < -0.4 is 0 Å². The number of rotatable bonds is 3. The minimum atomic E-state index is -4.56. The highest BCUT2D eigenvalue weighted by atomic mass is 35.5. The molecule has 0 saturated carbocycles. The number of nitrogens with one attached hydrogen (secondary N) is 1. The van der Waals surface area contributed by atoms with Gasteiger partial charge in [-0.15, -0.1) is 0 Å². The number of H-pyrrole nitrogens is 1. The average molecular weight is 390 g/mol. The quantitative estimate of drug-likeness (QED) is 0.819. The molecule has 1 aliphatic heterocycles. The summed E-state index contributed by atoms with van der Waals surface area (Å²) in [6, 6.07) is 1.60. The Kier molecular flexibility index (Phi) is 4.83. The molecule has 10 heteroatoms. The Labute approximate surface area is 151 Å². The van der Waals surface area contributed by atoms with E-state index in [0.717, 1.165) is 12.0 Å². The molecule has 0 bridgehead atoms. The van der Waals surface area contributed by atoms with Crippen LogP contribution in [-0.4, -0.2) is 46.8 Å². The molecule has 0 saturated heterocycles. The summed E-state index contributed by atoms with van der Waals surface area (Å²) >= 11 is 6.21. The van der Waals surface area contributed by atoms with Gasteiger partial charge in [0.15, 0.2) is 0 Å². The van der Waals surface area contributed by atoms with Crippen molar-refractivity contribution in [2.75, 3.05) is 13.7 Å². The van der Waals surface area contributed by atoms with E-state index >= 15 is 0 Å². The number of halogens is 4. The van der Waals surface area contributed by atoms with Crippen molar-refractivity contribution in [3.8, 4) is 0 Å². The molecule has 1 amide bonds. The molecule has 0 spiro atoms. The summed E-state index contributed by atoms with van der Waals surface area (Å²) in [5.41, 5.74) is 1.66. The Morgan fingerprint density at radius 1 is 1.50 bits per heavy atom. The zero-order valence-corrected chi connectivity index (χ0v) is 14.4. The fraction of sp³-hybridized carbons (Fsp3) is 0.438. The van der Waals surface area contributed by atoms with Gasteiger partial charge in [0.1, 0.15) is 6.54 Å². The van der Waals surface area contributed by atoms with E-state index in [2.05, 4.69) is 14.9 Å². The zero-order valence-electron chi connectivity index (χ0n) is 13.7. The van der Waals surface area contributed by atoms with E-state index < -0.39 is 30.5 Å². The van der Waals surface area contributed by atoms with E-state index in [-0.39, 0.29) is 19.4 Å². The third kappa shape index (κ3) is 3.62. The topological polar surface area (TPSA) is 75.3 Å².